The highest BCUT2D eigenvalue weighted by Gasteiger charge is 2.11. The standard InChI is InChI=1S/C14H14FN3O2/c1-18(2)14(19)12-8-10(5-6-17-12)20-13-4-3-9(15)7-11(13)16/h3-8H,16H2,1-2H3. The van der Waals surface area contributed by atoms with Crippen LogP contribution in [0.25, 0.3) is 0 Å². The van der Waals surface area contributed by atoms with E-state index in [1.54, 1.807) is 20.2 Å². The minimum absolute atomic E-state index is 0.183. The van der Waals surface area contributed by atoms with Crippen molar-refractivity contribution >= 4 is 11.6 Å². The van der Waals surface area contributed by atoms with Crippen molar-refractivity contribution in [2.75, 3.05) is 19.8 Å². The average Bonchev–Trinajstić information content (AvgIpc) is 2.41. The fraction of sp³-hybridized carbons (Fsp3) is 0.143. The summed E-state index contributed by atoms with van der Waals surface area (Å²) in [5.41, 5.74) is 6.10. The lowest BCUT2D eigenvalue weighted by molar-refractivity contribution is 0.0821. The van der Waals surface area contributed by atoms with Crippen LogP contribution in [0, 0.1) is 5.82 Å². The van der Waals surface area contributed by atoms with Crippen molar-refractivity contribution in [1.82, 2.24) is 9.88 Å². The van der Waals surface area contributed by atoms with Crippen LogP contribution < -0.4 is 10.5 Å². The molecule has 0 aliphatic heterocycles. The lowest BCUT2D eigenvalue weighted by atomic mass is 10.3. The summed E-state index contributed by atoms with van der Waals surface area (Å²) in [5.74, 6) is 0.0555. The van der Waals surface area contributed by atoms with Gasteiger partial charge in [-0.05, 0) is 18.2 Å². The maximum absolute atomic E-state index is 12.9. The van der Waals surface area contributed by atoms with Crippen molar-refractivity contribution in [3.05, 3.63) is 48.0 Å². The highest BCUT2D eigenvalue weighted by Crippen LogP contribution is 2.27. The molecule has 0 radical (unpaired) electrons. The number of carbonyl (C=O) groups is 1. The van der Waals surface area contributed by atoms with E-state index in [0.717, 1.165) is 0 Å². The fourth-order valence-electron chi connectivity index (χ4n) is 1.56. The molecule has 0 aliphatic rings. The number of carbonyl (C=O) groups excluding carboxylic acids is 1. The molecule has 1 heterocycles. The van der Waals surface area contributed by atoms with Crippen LogP contribution in [0.15, 0.2) is 36.5 Å². The van der Waals surface area contributed by atoms with Crippen molar-refractivity contribution in [2.24, 2.45) is 0 Å². The van der Waals surface area contributed by atoms with E-state index in [-0.39, 0.29) is 17.3 Å². The van der Waals surface area contributed by atoms with Gasteiger partial charge in [-0.2, -0.15) is 0 Å². The van der Waals surface area contributed by atoms with Crippen molar-refractivity contribution in [3.63, 3.8) is 0 Å². The summed E-state index contributed by atoms with van der Waals surface area (Å²) >= 11 is 0. The van der Waals surface area contributed by atoms with Gasteiger partial charge in [-0.15, -0.1) is 0 Å². The number of benzene rings is 1. The second-order valence-corrected chi connectivity index (χ2v) is 4.36. The van der Waals surface area contributed by atoms with E-state index in [2.05, 4.69) is 4.98 Å². The van der Waals surface area contributed by atoms with Crippen LogP contribution in [-0.4, -0.2) is 29.9 Å². The Morgan fingerprint density at radius 1 is 1.30 bits per heavy atom. The molecule has 104 valence electrons. The molecule has 0 unspecified atom stereocenters. The smallest absolute Gasteiger partial charge is 0.272 e. The lowest BCUT2D eigenvalue weighted by Crippen LogP contribution is -2.22. The average molecular weight is 275 g/mol. The number of nitrogens with two attached hydrogens (primary N) is 1. The number of amides is 1. The number of nitrogens with zero attached hydrogens (tertiary/aromatic N) is 2. The van der Waals surface area contributed by atoms with Gasteiger partial charge in [0.05, 0.1) is 5.69 Å². The van der Waals surface area contributed by atoms with E-state index in [1.807, 2.05) is 0 Å². The number of hydrogen-bond donors (Lipinski definition) is 1. The molecule has 0 atom stereocenters. The Kier molecular flexibility index (Phi) is 3.84. The minimum Gasteiger partial charge on any atom is -0.455 e. The second kappa shape index (κ2) is 5.56. The van der Waals surface area contributed by atoms with Crippen molar-refractivity contribution in [3.8, 4) is 11.5 Å². The predicted octanol–water partition coefficient (Wildman–Crippen LogP) is 2.30. The number of pyridine rings is 1. The maximum Gasteiger partial charge on any atom is 0.272 e. The first-order valence-corrected chi connectivity index (χ1v) is 5.88. The van der Waals surface area contributed by atoms with Crippen LogP contribution in [0.5, 0.6) is 11.5 Å². The zero-order valence-corrected chi connectivity index (χ0v) is 11.1. The summed E-state index contributed by atoms with van der Waals surface area (Å²) in [5, 5.41) is 0. The molecular formula is C14H14FN3O2. The lowest BCUT2D eigenvalue weighted by Gasteiger charge is -2.11. The van der Waals surface area contributed by atoms with Gasteiger partial charge in [-0.1, -0.05) is 0 Å². The third-order valence-electron chi connectivity index (χ3n) is 2.56. The summed E-state index contributed by atoms with van der Waals surface area (Å²) < 4.78 is 18.5. The van der Waals surface area contributed by atoms with E-state index in [0.29, 0.717) is 11.5 Å². The first-order chi connectivity index (χ1) is 9.47. The van der Waals surface area contributed by atoms with Crippen molar-refractivity contribution in [2.45, 2.75) is 0 Å². The molecule has 1 aromatic carbocycles. The molecule has 5 nitrogen and oxygen atoms in total. The number of rotatable bonds is 3. The van der Waals surface area contributed by atoms with Gasteiger partial charge in [0.1, 0.15) is 17.3 Å². The van der Waals surface area contributed by atoms with Crippen LogP contribution in [0.2, 0.25) is 0 Å². The summed E-state index contributed by atoms with van der Waals surface area (Å²) in [6.07, 6.45) is 1.46. The van der Waals surface area contributed by atoms with Gasteiger partial charge in [0, 0.05) is 32.4 Å². The Balaban J connectivity index is 2.26. The Morgan fingerprint density at radius 3 is 2.70 bits per heavy atom. The molecule has 0 saturated carbocycles. The first-order valence-electron chi connectivity index (χ1n) is 5.88. The van der Waals surface area contributed by atoms with Crippen LogP contribution >= 0.6 is 0 Å². The van der Waals surface area contributed by atoms with E-state index in [9.17, 15) is 9.18 Å². The topological polar surface area (TPSA) is 68.5 Å². The molecule has 6 heteroatoms. The number of anilines is 1. The summed E-state index contributed by atoms with van der Waals surface area (Å²) in [6.45, 7) is 0. The molecule has 0 saturated heterocycles. The molecule has 0 aliphatic carbocycles. The Morgan fingerprint density at radius 2 is 2.05 bits per heavy atom. The molecular weight excluding hydrogens is 261 g/mol. The van der Waals surface area contributed by atoms with E-state index >= 15 is 0 Å². The second-order valence-electron chi connectivity index (χ2n) is 4.36. The van der Waals surface area contributed by atoms with Crippen LogP contribution in [0.4, 0.5) is 10.1 Å². The molecule has 0 spiro atoms. The third kappa shape index (κ3) is 3.03. The molecule has 2 aromatic rings. The number of ether oxygens (including phenoxy) is 1. The Labute approximate surface area is 115 Å². The van der Waals surface area contributed by atoms with Gasteiger partial charge < -0.3 is 15.4 Å². The first kappa shape index (κ1) is 13.8. The van der Waals surface area contributed by atoms with Crippen LogP contribution in [-0.2, 0) is 0 Å². The van der Waals surface area contributed by atoms with Crippen LogP contribution in [0.1, 0.15) is 10.5 Å². The molecule has 0 bridgehead atoms. The highest BCUT2D eigenvalue weighted by atomic mass is 19.1. The highest BCUT2D eigenvalue weighted by molar-refractivity contribution is 5.92. The minimum atomic E-state index is -0.437. The Hall–Kier alpha value is -2.63. The monoisotopic (exact) mass is 275 g/mol. The molecule has 20 heavy (non-hydrogen) atoms. The summed E-state index contributed by atoms with van der Waals surface area (Å²) in [6, 6.07) is 6.94. The number of aromatic nitrogens is 1. The quantitative estimate of drug-likeness (QED) is 0.873. The van der Waals surface area contributed by atoms with Crippen LogP contribution in [0.3, 0.4) is 0 Å². The fourth-order valence-corrected chi connectivity index (χ4v) is 1.56. The van der Waals surface area contributed by atoms with Gasteiger partial charge in [-0.3, -0.25) is 9.78 Å². The number of halogens is 1. The SMILES string of the molecule is CN(C)C(=O)c1cc(Oc2ccc(F)cc2N)ccn1. The van der Waals surface area contributed by atoms with Crippen molar-refractivity contribution in [1.29, 1.82) is 0 Å². The van der Waals surface area contributed by atoms with Gasteiger partial charge >= 0.3 is 0 Å². The predicted molar refractivity (Wildman–Crippen MR) is 73.1 cm³/mol. The van der Waals surface area contributed by atoms with Crippen molar-refractivity contribution < 1.29 is 13.9 Å². The van der Waals surface area contributed by atoms with Gasteiger partial charge in [0.2, 0.25) is 0 Å². The molecule has 1 aromatic heterocycles. The van der Waals surface area contributed by atoms with E-state index in [1.165, 1.54) is 35.4 Å². The van der Waals surface area contributed by atoms with E-state index < -0.39 is 5.82 Å². The number of nitrogen functional groups attached to an aromatic ring is 1. The molecule has 2 rings (SSSR count). The van der Waals surface area contributed by atoms with E-state index in [4.69, 9.17) is 10.5 Å². The number of hydrogen-bond acceptors (Lipinski definition) is 4. The van der Waals surface area contributed by atoms with Gasteiger partial charge in [0.25, 0.3) is 5.91 Å². The zero-order chi connectivity index (χ0) is 14.7. The maximum atomic E-state index is 12.9. The Bertz CT molecular complexity index is 644. The molecule has 2 N–H and O–H groups in total. The zero-order valence-electron chi connectivity index (χ0n) is 11.1. The third-order valence-corrected chi connectivity index (χ3v) is 2.56. The van der Waals surface area contributed by atoms with Gasteiger partial charge in [0.15, 0.2) is 5.75 Å². The summed E-state index contributed by atoms with van der Waals surface area (Å²) in [7, 11) is 3.27. The van der Waals surface area contributed by atoms with Gasteiger partial charge in [-0.25, -0.2) is 4.39 Å². The normalized spacial score (nSPS) is 10.2. The molecule has 1 amide bonds. The summed E-state index contributed by atoms with van der Waals surface area (Å²) in [4.78, 5) is 17.2. The molecule has 0 fully saturated rings. The largest absolute Gasteiger partial charge is 0.455 e.